The molecule has 0 bridgehead atoms. The monoisotopic (exact) mass is 214 g/mol. The third kappa shape index (κ3) is 3.41. The number of hydrogen-bond acceptors (Lipinski definition) is 1. The number of halogens is 1. The minimum atomic E-state index is 0. The molecule has 0 unspecified atom stereocenters. The molecule has 0 spiro atoms. The molecule has 1 aromatic heterocycles. The lowest BCUT2D eigenvalue weighted by atomic mass is 10.5. The maximum atomic E-state index is 5.36. The third-order valence-corrected chi connectivity index (χ3v) is 2.02. The molecular weight excluding hydrogens is 200 g/mol. The third-order valence-electron chi connectivity index (χ3n) is 2.02. The van der Waals surface area contributed by atoms with Crippen molar-refractivity contribution in [1.29, 1.82) is 0 Å². The van der Waals surface area contributed by atoms with Crippen molar-refractivity contribution in [2.24, 2.45) is 7.05 Å². The summed E-state index contributed by atoms with van der Waals surface area (Å²) >= 11 is 0. The van der Waals surface area contributed by atoms with E-state index < -0.39 is 0 Å². The van der Waals surface area contributed by atoms with E-state index in [1.165, 1.54) is 5.82 Å². The molecule has 0 saturated heterocycles. The molecule has 0 aliphatic carbocycles. The van der Waals surface area contributed by atoms with Gasteiger partial charge in [0.2, 0.25) is 0 Å². The zero-order valence-electron chi connectivity index (χ0n) is 8.53. The van der Waals surface area contributed by atoms with Gasteiger partial charge in [-0.3, -0.25) is 0 Å². The van der Waals surface area contributed by atoms with E-state index in [-0.39, 0.29) is 12.4 Å². The standard InChI is InChI=1S/C10H15N2O.ClH/c1-4-5-8-13-9-12-7-6-11(3)10(12)2;/h1,6-7H,5,8-9H2,2-3H3;1H/q+1;/p-1. The fraction of sp³-hybridized carbons (Fsp3) is 0.500. The molecular formula is C10H15ClN2O. The summed E-state index contributed by atoms with van der Waals surface area (Å²) < 4.78 is 9.45. The average Bonchev–Trinajstić information content (AvgIpc) is 2.43. The van der Waals surface area contributed by atoms with Crippen LogP contribution in [0.25, 0.3) is 0 Å². The summed E-state index contributed by atoms with van der Waals surface area (Å²) in [7, 11) is 2.01. The van der Waals surface area contributed by atoms with Crippen molar-refractivity contribution in [1.82, 2.24) is 4.57 Å². The van der Waals surface area contributed by atoms with Crippen LogP contribution >= 0.6 is 0 Å². The highest BCUT2D eigenvalue weighted by Crippen LogP contribution is 1.93. The summed E-state index contributed by atoms with van der Waals surface area (Å²) in [5.41, 5.74) is 0. The van der Waals surface area contributed by atoms with Crippen molar-refractivity contribution in [3.63, 3.8) is 0 Å². The molecule has 0 radical (unpaired) electrons. The van der Waals surface area contributed by atoms with E-state index >= 15 is 0 Å². The largest absolute Gasteiger partial charge is 1.00 e. The topological polar surface area (TPSA) is 18.0 Å². The lowest BCUT2D eigenvalue weighted by Crippen LogP contribution is -3.00. The van der Waals surface area contributed by atoms with Gasteiger partial charge in [-0.1, -0.05) is 0 Å². The summed E-state index contributed by atoms with van der Waals surface area (Å²) in [6.45, 7) is 3.25. The molecule has 1 rings (SSSR count). The Balaban J connectivity index is 0.00000169. The van der Waals surface area contributed by atoms with Gasteiger partial charge in [-0.05, 0) is 0 Å². The van der Waals surface area contributed by atoms with Gasteiger partial charge in [-0.15, -0.1) is 12.3 Å². The van der Waals surface area contributed by atoms with Crippen LogP contribution in [0.5, 0.6) is 0 Å². The predicted octanol–water partition coefficient (Wildman–Crippen LogP) is -2.38. The van der Waals surface area contributed by atoms with Gasteiger partial charge in [0.15, 0.2) is 6.73 Å². The molecule has 0 aliphatic heterocycles. The van der Waals surface area contributed by atoms with E-state index in [4.69, 9.17) is 11.2 Å². The zero-order valence-corrected chi connectivity index (χ0v) is 9.29. The van der Waals surface area contributed by atoms with Crippen LogP contribution in [0.2, 0.25) is 0 Å². The first-order chi connectivity index (χ1) is 6.25. The van der Waals surface area contributed by atoms with Crippen molar-refractivity contribution in [3.8, 4) is 12.3 Å². The molecule has 78 valence electrons. The highest BCUT2D eigenvalue weighted by molar-refractivity contribution is 4.83. The average molecular weight is 215 g/mol. The Bertz CT molecular complexity index is 314. The van der Waals surface area contributed by atoms with Crippen LogP contribution in [0.15, 0.2) is 12.4 Å². The molecule has 1 aromatic rings. The van der Waals surface area contributed by atoms with Gasteiger partial charge < -0.3 is 17.1 Å². The second-order valence-corrected chi connectivity index (χ2v) is 2.92. The molecule has 14 heavy (non-hydrogen) atoms. The zero-order chi connectivity index (χ0) is 9.68. The maximum Gasteiger partial charge on any atom is 0.254 e. The molecule has 0 amide bonds. The second-order valence-electron chi connectivity index (χ2n) is 2.92. The number of terminal acetylenes is 1. The van der Waals surface area contributed by atoms with Crippen molar-refractivity contribution in [2.45, 2.75) is 20.1 Å². The Morgan fingerprint density at radius 3 is 2.86 bits per heavy atom. The first-order valence-electron chi connectivity index (χ1n) is 4.28. The summed E-state index contributed by atoms with van der Waals surface area (Å²) in [5, 5.41) is 0. The molecule has 0 N–H and O–H groups in total. The number of rotatable bonds is 4. The summed E-state index contributed by atoms with van der Waals surface area (Å²) in [6, 6.07) is 0. The Morgan fingerprint density at radius 2 is 2.36 bits per heavy atom. The van der Waals surface area contributed by atoms with Crippen LogP contribution in [0.1, 0.15) is 12.2 Å². The summed E-state index contributed by atoms with van der Waals surface area (Å²) in [6.07, 6.45) is 9.77. The Kier molecular flexibility index (Phi) is 6.02. The molecule has 3 nitrogen and oxygen atoms in total. The van der Waals surface area contributed by atoms with Crippen LogP contribution in [0, 0.1) is 19.3 Å². The van der Waals surface area contributed by atoms with E-state index in [0.717, 1.165) is 0 Å². The number of hydrogen-bond donors (Lipinski definition) is 0. The number of imidazole rings is 1. The van der Waals surface area contributed by atoms with E-state index in [1.807, 2.05) is 35.5 Å². The Hall–Kier alpha value is -0.980. The summed E-state index contributed by atoms with van der Waals surface area (Å²) in [4.78, 5) is 0. The fourth-order valence-corrected chi connectivity index (χ4v) is 1.03. The van der Waals surface area contributed by atoms with Gasteiger partial charge in [-0.2, -0.15) is 0 Å². The minimum Gasteiger partial charge on any atom is -1.00 e. The fourth-order valence-electron chi connectivity index (χ4n) is 1.03. The van der Waals surface area contributed by atoms with Crippen molar-refractivity contribution in [2.75, 3.05) is 6.61 Å². The maximum absolute atomic E-state index is 5.36. The van der Waals surface area contributed by atoms with E-state index in [0.29, 0.717) is 19.8 Å². The molecule has 4 heteroatoms. The molecule has 0 aliphatic rings. The van der Waals surface area contributed by atoms with E-state index in [2.05, 4.69) is 5.92 Å². The molecule has 0 aromatic carbocycles. The first kappa shape index (κ1) is 13.0. The molecule has 0 atom stereocenters. The van der Waals surface area contributed by atoms with E-state index in [1.54, 1.807) is 0 Å². The normalized spacial score (nSPS) is 9.21. The Labute approximate surface area is 91.1 Å². The molecule has 0 saturated carbocycles. The van der Waals surface area contributed by atoms with Crippen LogP contribution in [0.3, 0.4) is 0 Å². The van der Waals surface area contributed by atoms with Crippen LogP contribution in [-0.2, 0) is 18.5 Å². The van der Waals surface area contributed by atoms with Crippen molar-refractivity contribution >= 4 is 0 Å². The highest BCUT2D eigenvalue weighted by atomic mass is 35.5. The van der Waals surface area contributed by atoms with Gasteiger partial charge in [0.05, 0.1) is 13.7 Å². The lowest BCUT2D eigenvalue weighted by Gasteiger charge is -1.99. The first-order valence-corrected chi connectivity index (χ1v) is 4.28. The highest BCUT2D eigenvalue weighted by Gasteiger charge is 2.07. The minimum absolute atomic E-state index is 0. The van der Waals surface area contributed by atoms with Crippen LogP contribution < -0.4 is 17.0 Å². The van der Waals surface area contributed by atoms with Gasteiger partial charge >= 0.3 is 0 Å². The Morgan fingerprint density at radius 1 is 1.64 bits per heavy atom. The van der Waals surface area contributed by atoms with Gasteiger partial charge in [-0.25, -0.2) is 9.13 Å². The second kappa shape index (κ2) is 6.47. The smallest absolute Gasteiger partial charge is 0.254 e. The molecule has 0 fully saturated rings. The van der Waals surface area contributed by atoms with E-state index in [9.17, 15) is 0 Å². The number of aromatic nitrogens is 2. The summed E-state index contributed by atoms with van der Waals surface area (Å²) in [5.74, 6) is 3.70. The quantitative estimate of drug-likeness (QED) is 0.311. The SMILES string of the molecule is C#CCCOCn1cc[n+](C)c1C.[Cl-]. The predicted molar refractivity (Wildman–Crippen MR) is 49.7 cm³/mol. The van der Waals surface area contributed by atoms with Crippen molar-refractivity contribution in [3.05, 3.63) is 18.2 Å². The number of aryl methyl sites for hydroxylation is 1. The number of ether oxygens (including phenoxy) is 1. The number of nitrogens with zero attached hydrogens (tertiary/aromatic N) is 2. The van der Waals surface area contributed by atoms with Crippen LogP contribution in [0.4, 0.5) is 0 Å². The van der Waals surface area contributed by atoms with Crippen molar-refractivity contribution < 1.29 is 21.7 Å². The van der Waals surface area contributed by atoms with Gasteiger partial charge in [0, 0.05) is 13.3 Å². The molecule has 1 heterocycles. The lowest BCUT2D eigenvalue weighted by molar-refractivity contribution is -0.677. The van der Waals surface area contributed by atoms with Crippen LogP contribution in [-0.4, -0.2) is 11.2 Å². The van der Waals surface area contributed by atoms with Gasteiger partial charge in [0.1, 0.15) is 12.4 Å². The van der Waals surface area contributed by atoms with Gasteiger partial charge in [0.25, 0.3) is 5.82 Å².